The zero-order chi connectivity index (χ0) is 34.2. The second-order valence-electron chi connectivity index (χ2n) is 11.2. The van der Waals surface area contributed by atoms with Gasteiger partial charge in [-0.1, -0.05) is 116 Å². The zero-order valence-electron chi connectivity index (χ0n) is 28.4. The normalized spacial score (nSPS) is 12.3. The first kappa shape index (κ1) is 38.0. The third-order valence-electron chi connectivity index (χ3n) is 7.43. The molecular weight excluding hydrogens is 617 g/mol. The summed E-state index contributed by atoms with van der Waals surface area (Å²) < 4.78 is 6.76. The lowest BCUT2D eigenvalue weighted by Crippen LogP contribution is -2.20. The Bertz CT molecular complexity index is 1600. The van der Waals surface area contributed by atoms with Crippen molar-refractivity contribution >= 4 is 17.2 Å². The molecule has 1 aromatic carbocycles. The number of carbonyl (C=O) groups excluding carboxylic acids is 1. The minimum atomic E-state index is -0.462. The third-order valence-corrected chi connectivity index (χ3v) is 8.36. The lowest BCUT2D eigenvalue weighted by Gasteiger charge is -2.07. The Morgan fingerprint density at radius 1 is 0.792 bits per heavy atom. The molecule has 0 saturated heterocycles. The van der Waals surface area contributed by atoms with Crippen molar-refractivity contribution in [2.75, 3.05) is 6.61 Å². The van der Waals surface area contributed by atoms with Crippen molar-refractivity contribution in [1.82, 2.24) is 9.55 Å². The molecule has 3 aromatic rings. The van der Waals surface area contributed by atoms with Crippen molar-refractivity contribution in [3.05, 3.63) is 147 Å². The maximum atomic E-state index is 12.7. The number of hydrogen-bond donors (Lipinski definition) is 1. The van der Waals surface area contributed by atoms with Gasteiger partial charge in [-0.3, -0.25) is 14.6 Å². The van der Waals surface area contributed by atoms with Gasteiger partial charge in [-0.25, -0.2) is 4.57 Å². The van der Waals surface area contributed by atoms with E-state index in [1.54, 1.807) is 0 Å². The maximum Gasteiger partial charge on any atom is 0.317 e. The number of pyridine rings is 1. The molecule has 254 valence electrons. The van der Waals surface area contributed by atoms with Crippen LogP contribution < -0.4 is 9.61 Å². The topological polar surface area (TPSA) is 81.4 Å². The average Bonchev–Trinajstić information content (AvgIpc) is 3.38. The van der Waals surface area contributed by atoms with E-state index in [4.69, 9.17) is 4.74 Å². The molecule has 0 aliphatic rings. The number of benzene rings is 1. The molecule has 0 aliphatic carbocycles. The van der Waals surface area contributed by atoms with E-state index in [-0.39, 0.29) is 12.3 Å². The van der Waals surface area contributed by atoms with E-state index in [0.29, 0.717) is 24.3 Å². The Kier molecular flexibility index (Phi) is 18.1. The quantitative estimate of drug-likeness (QED) is 0.115. The first-order valence-corrected chi connectivity index (χ1v) is 17.9. The van der Waals surface area contributed by atoms with Gasteiger partial charge in [0.15, 0.2) is 0 Å². The predicted molar refractivity (Wildman–Crippen MR) is 200 cm³/mol. The van der Waals surface area contributed by atoms with Crippen molar-refractivity contribution in [2.45, 2.75) is 84.5 Å². The lowest BCUT2D eigenvalue weighted by molar-refractivity contribution is 0.0891. The first-order valence-electron chi connectivity index (χ1n) is 17.0. The molecule has 48 heavy (non-hydrogen) atoms. The molecule has 2 heterocycles. The van der Waals surface area contributed by atoms with Gasteiger partial charge in [0.25, 0.3) is 0 Å². The number of carbonyl (C=O) groups is 1. The monoisotopic (exact) mass is 666 g/mol. The van der Waals surface area contributed by atoms with Crippen LogP contribution in [0.4, 0.5) is 0 Å². The summed E-state index contributed by atoms with van der Waals surface area (Å²) in [5, 5.41) is 10.7. The van der Waals surface area contributed by atoms with Crippen LogP contribution in [0.5, 0.6) is 11.6 Å². The van der Waals surface area contributed by atoms with Crippen molar-refractivity contribution in [3.8, 4) is 11.6 Å². The van der Waals surface area contributed by atoms with Gasteiger partial charge in [-0.15, -0.1) is 0 Å². The molecule has 7 heteroatoms. The minimum Gasteiger partial charge on any atom is -0.493 e. The highest BCUT2D eigenvalue weighted by atomic mass is 32.1. The Labute approximate surface area is 290 Å². The number of ether oxygens (including phenoxy) is 1. The summed E-state index contributed by atoms with van der Waals surface area (Å²) in [4.78, 5) is 29.8. The molecule has 0 amide bonds. The van der Waals surface area contributed by atoms with Crippen LogP contribution in [0.1, 0.15) is 91.7 Å². The van der Waals surface area contributed by atoms with E-state index in [1.165, 1.54) is 5.56 Å². The molecule has 6 nitrogen and oxygen atoms in total. The molecule has 2 aromatic heterocycles. The molecule has 0 bridgehead atoms. The molecular formula is C41H50N2O4S. The summed E-state index contributed by atoms with van der Waals surface area (Å²) in [6.07, 6.45) is 35.9. The lowest BCUT2D eigenvalue weighted by atomic mass is 10.1. The summed E-state index contributed by atoms with van der Waals surface area (Å²) in [5.74, 6) is 0.0743. The van der Waals surface area contributed by atoms with Gasteiger partial charge >= 0.3 is 4.87 Å². The maximum absolute atomic E-state index is 12.7. The number of aromatic nitrogens is 2. The molecule has 1 N–H and O–H groups in total. The van der Waals surface area contributed by atoms with Gasteiger partial charge in [0.1, 0.15) is 5.75 Å². The largest absolute Gasteiger partial charge is 0.493 e. The fraction of sp³-hybridized carbons (Fsp3) is 0.341. The Morgan fingerprint density at radius 3 is 1.90 bits per heavy atom. The Hall–Kier alpha value is -4.49. The van der Waals surface area contributed by atoms with Gasteiger partial charge in [-0.2, -0.15) is 0 Å². The Morgan fingerprint density at radius 2 is 1.35 bits per heavy atom. The number of allylic oxidation sites excluding steroid dienone is 12. The highest BCUT2D eigenvalue weighted by Crippen LogP contribution is 2.25. The highest BCUT2D eigenvalue weighted by molar-refractivity contribution is 7.09. The number of nitrogens with zero attached hydrogens (tertiary/aromatic N) is 2. The highest BCUT2D eigenvalue weighted by Gasteiger charge is 2.19. The van der Waals surface area contributed by atoms with Crippen molar-refractivity contribution in [1.29, 1.82) is 0 Å². The van der Waals surface area contributed by atoms with E-state index in [1.807, 2.05) is 48.7 Å². The van der Waals surface area contributed by atoms with Crippen molar-refractivity contribution in [3.63, 3.8) is 0 Å². The number of aryl methyl sites for hydroxylation is 1. The van der Waals surface area contributed by atoms with Crippen LogP contribution >= 0.6 is 11.3 Å². The molecule has 0 aliphatic heterocycles. The zero-order valence-corrected chi connectivity index (χ0v) is 29.2. The van der Waals surface area contributed by atoms with Crippen LogP contribution in [0.25, 0.3) is 0 Å². The summed E-state index contributed by atoms with van der Waals surface area (Å²) in [5.41, 5.74) is 3.12. The van der Waals surface area contributed by atoms with Crippen LogP contribution in [-0.2, 0) is 19.3 Å². The first-order chi connectivity index (χ1) is 23.5. The van der Waals surface area contributed by atoms with Gasteiger partial charge < -0.3 is 9.84 Å². The summed E-state index contributed by atoms with van der Waals surface area (Å²) >= 11 is 0.906. The fourth-order valence-corrected chi connectivity index (χ4v) is 5.59. The summed E-state index contributed by atoms with van der Waals surface area (Å²) in [6, 6.07) is 11.7. The van der Waals surface area contributed by atoms with E-state index >= 15 is 0 Å². The van der Waals surface area contributed by atoms with Crippen LogP contribution in [-0.4, -0.2) is 27.2 Å². The molecule has 0 saturated carbocycles. The van der Waals surface area contributed by atoms with Gasteiger partial charge in [0, 0.05) is 31.2 Å². The average molecular weight is 667 g/mol. The van der Waals surface area contributed by atoms with Crippen LogP contribution in [0.2, 0.25) is 0 Å². The smallest absolute Gasteiger partial charge is 0.317 e. The molecule has 0 atom stereocenters. The number of rotatable bonds is 21. The third kappa shape index (κ3) is 14.5. The number of thiazole rings is 1. The molecule has 0 unspecified atom stereocenters. The number of hydrogen-bond acceptors (Lipinski definition) is 6. The fourth-order valence-electron chi connectivity index (χ4n) is 4.68. The Balaban J connectivity index is 1.32. The summed E-state index contributed by atoms with van der Waals surface area (Å²) in [7, 11) is 0. The standard InChI is InChI=1S/C41H50N2O4S/c1-3-5-6-7-8-9-10-11-12-13-14-15-16-17-18-19-20-21-22-23-39(44)43-40(45)38(48-41(43)46)32-35-25-28-37(29-26-35)47-31-30-36-27-24-34(4-2)33-42-36/h5-6,8-9,11-12,14-15,17-18,20-21,24-29,33,45H,3-4,7,10,13,16,19,22-23,30-32H2,1-2H3. The van der Waals surface area contributed by atoms with E-state index in [2.05, 4.69) is 85.7 Å². The molecule has 3 rings (SSSR count). The minimum absolute atomic E-state index is 0.149. The van der Waals surface area contributed by atoms with Crippen molar-refractivity contribution in [2.24, 2.45) is 0 Å². The molecule has 0 radical (unpaired) electrons. The van der Waals surface area contributed by atoms with Gasteiger partial charge in [0.2, 0.25) is 11.8 Å². The second kappa shape index (κ2) is 22.9. The van der Waals surface area contributed by atoms with Gasteiger partial charge in [-0.05, 0) is 80.7 Å². The van der Waals surface area contributed by atoms with E-state index in [9.17, 15) is 14.7 Å². The van der Waals surface area contributed by atoms with Crippen LogP contribution in [0, 0.1) is 0 Å². The SMILES string of the molecule is CCC=CCC=CCC=CCC=CCC=CCC=CCCC(=O)n1c(O)c(Cc2ccc(OCCc3ccc(CC)cn3)cc2)sc1=O. The summed E-state index contributed by atoms with van der Waals surface area (Å²) in [6.45, 7) is 4.77. The van der Waals surface area contributed by atoms with Crippen LogP contribution in [0.3, 0.4) is 0 Å². The van der Waals surface area contributed by atoms with Crippen molar-refractivity contribution < 1.29 is 14.6 Å². The van der Waals surface area contributed by atoms with E-state index < -0.39 is 10.8 Å². The van der Waals surface area contributed by atoms with Gasteiger partial charge in [0.05, 0.1) is 11.5 Å². The second-order valence-corrected chi connectivity index (χ2v) is 12.3. The molecule has 0 fully saturated rings. The number of aromatic hydroxyl groups is 1. The predicted octanol–water partition coefficient (Wildman–Crippen LogP) is 9.90. The molecule has 0 spiro atoms. The van der Waals surface area contributed by atoms with E-state index in [0.717, 1.165) is 84.3 Å². The van der Waals surface area contributed by atoms with Crippen LogP contribution in [0.15, 0.2) is 120 Å².